The van der Waals surface area contributed by atoms with E-state index in [2.05, 4.69) is 31.5 Å². The molecule has 3 N–H and O–H groups in total. The molecule has 1 aromatic heterocycles. The van der Waals surface area contributed by atoms with E-state index in [1.807, 2.05) is 33.8 Å². The maximum atomic E-state index is 13.0. The normalized spacial score (nSPS) is 21.7. The number of nitrogens with one attached hydrogen (secondary N) is 3. The minimum absolute atomic E-state index is 0.132. The SMILES string of the molecule is Cc1cc(C)c(CNC(=O)c2cc(Br)c3c(c2C)O[C@@](C)(CO[C@H]2CCNC2)O3)c(=O)[nH]1. The number of carbonyl (C=O) groups excluding carboxylic acids is 1. The highest BCUT2D eigenvalue weighted by molar-refractivity contribution is 9.10. The van der Waals surface area contributed by atoms with E-state index in [-0.39, 0.29) is 30.7 Å². The zero-order chi connectivity index (χ0) is 23.0. The van der Waals surface area contributed by atoms with Gasteiger partial charge in [-0.25, -0.2) is 0 Å². The molecule has 1 saturated heterocycles. The predicted octanol–water partition coefficient (Wildman–Crippen LogP) is 2.86. The fourth-order valence-electron chi connectivity index (χ4n) is 4.07. The zero-order valence-electron chi connectivity index (χ0n) is 18.7. The van der Waals surface area contributed by atoms with Crippen LogP contribution >= 0.6 is 15.9 Å². The van der Waals surface area contributed by atoms with Gasteiger partial charge in [0.2, 0.25) is 0 Å². The van der Waals surface area contributed by atoms with Gasteiger partial charge in [0, 0.05) is 42.4 Å². The van der Waals surface area contributed by atoms with Crippen LogP contribution in [0.15, 0.2) is 21.4 Å². The monoisotopic (exact) mass is 505 g/mol. The quantitative estimate of drug-likeness (QED) is 0.557. The van der Waals surface area contributed by atoms with Gasteiger partial charge >= 0.3 is 0 Å². The largest absolute Gasteiger partial charge is 0.446 e. The minimum atomic E-state index is -0.973. The summed E-state index contributed by atoms with van der Waals surface area (Å²) in [6, 6.07) is 3.60. The number of aromatic nitrogens is 1. The van der Waals surface area contributed by atoms with Crippen molar-refractivity contribution in [3.05, 3.63) is 54.9 Å². The molecule has 2 aliphatic rings. The summed E-state index contributed by atoms with van der Waals surface area (Å²) in [5.74, 6) is -0.194. The van der Waals surface area contributed by atoms with Crippen LogP contribution in [-0.2, 0) is 11.3 Å². The Hall–Kier alpha value is -2.36. The van der Waals surface area contributed by atoms with Crippen LogP contribution in [0.2, 0.25) is 0 Å². The predicted molar refractivity (Wildman–Crippen MR) is 123 cm³/mol. The number of pyridine rings is 1. The summed E-state index contributed by atoms with van der Waals surface area (Å²) in [7, 11) is 0. The van der Waals surface area contributed by atoms with Gasteiger partial charge in [-0.3, -0.25) is 9.59 Å². The van der Waals surface area contributed by atoms with Crippen LogP contribution in [0, 0.1) is 20.8 Å². The number of aromatic amines is 1. The molecule has 2 atom stereocenters. The molecule has 32 heavy (non-hydrogen) atoms. The highest BCUT2D eigenvalue weighted by Crippen LogP contribution is 2.48. The number of ether oxygens (including phenoxy) is 3. The smallest absolute Gasteiger partial charge is 0.272 e. The van der Waals surface area contributed by atoms with Gasteiger partial charge in [0.1, 0.15) is 6.61 Å². The molecule has 0 bridgehead atoms. The molecule has 2 aromatic rings. The summed E-state index contributed by atoms with van der Waals surface area (Å²) < 4.78 is 18.8. The van der Waals surface area contributed by atoms with Crippen LogP contribution in [0.5, 0.6) is 11.5 Å². The fraction of sp³-hybridized carbons (Fsp3) is 0.478. The second kappa shape index (κ2) is 8.88. The molecule has 1 fully saturated rings. The van der Waals surface area contributed by atoms with Crippen molar-refractivity contribution in [1.82, 2.24) is 15.6 Å². The van der Waals surface area contributed by atoms with E-state index in [9.17, 15) is 9.59 Å². The third-order valence-corrected chi connectivity index (χ3v) is 6.42. The lowest BCUT2D eigenvalue weighted by atomic mass is 10.1. The number of halogens is 1. The second-order valence-corrected chi connectivity index (χ2v) is 9.43. The fourth-order valence-corrected chi connectivity index (χ4v) is 4.56. The number of amides is 1. The van der Waals surface area contributed by atoms with Gasteiger partial charge in [-0.2, -0.15) is 0 Å². The van der Waals surface area contributed by atoms with E-state index >= 15 is 0 Å². The van der Waals surface area contributed by atoms with Gasteiger partial charge < -0.3 is 29.8 Å². The second-order valence-electron chi connectivity index (χ2n) is 8.58. The Labute approximate surface area is 195 Å². The van der Waals surface area contributed by atoms with Crippen LogP contribution in [0.4, 0.5) is 0 Å². The molecular formula is C23H28BrN3O5. The Balaban J connectivity index is 1.49. The topological polar surface area (TPSA) is 102 Å². The average molecular weight is 506 g/mol. The first-order valence-corrected chi connectivity index (χ1v) is 11.5. The number of H-pyrrole nitrogens is 1. The Morgan fingerprint density at radius 2 is 2.03 bits per heavy atom. The van der Waals surface area contributed by atoms with Gasteiger partial charge in [0.15, 0.2) is 11.5 Å². The Kier molecular flexibility index (Phi) is 6.33. The molecular weight excluding hydrogens is 478 g/mol. The lowest BCUT2D eigenvalue weighted by Gasteiger charge is -2.24. The molecule has 8 nitrogen and oxygen atoms in total. The molecule has 172 valence electrons. The summed E-state index contributed by atoms with van der Waals surface area (Å²) in [5.41, 5.74) is 3.08. The first-order valence-electron chi connectivity index (χ1n) is 10.7. The molecule has 1 aromatic carbocycles. The van der Waals surface area contributed by atoms with Gasteiger partial charge in [-0.05, 0) is 67.4 Å². The molecule has 2 aliphatic heterocycles. The molecule has 4 rings (SSSR count). The van der Waals surface area contributed by atoms with Crippen molar-refractivity contribution < 1.29 is 19.0 Å². The van der Waals surface area contributed by atoms with Crippen LogP contribution in [0.3, 0.4) is 0 Å². The van der Waals surface area contributed by atoms with Crippen molar-refractivity contribution in [3.63, 3.8) is 0 Å². The molecule has 3 heterocycles. The number of hydrogen-bond donors (Lipinski definition) is 3. The lowest BCUT2D eigenvalue weighted by Crippen LogP contribution is -2.41. The van der Waals surface area contributed by atoms with Gasteiger partial charge in [0.25, 0.3) is 17.3 Å². The molecule has 9 heteroatoms. The third kappa shape index (κ3) is 4.55. The van der Waals surface area contributed by atoms with Gasteiger partial charge in [-0.1, -0.05) is 0 Å². The Morgan fingerprint density at radius 3 is 2.72 bits per heavy atom. The van der Waals surface area contributed by atoms with E-state index < -0.39 is 5.79 Å². The van der Waals surface area contributed by atoms with Crippen molar-refractivity contribution in [2.24, 2.45) is 0 Å². The van der Waals surface area contributed by atoms with E-state index in [0.29, 0.717) is 32.7 Å². The number of rotatable bonds is 6. The lowest BCUT2D eigenvalue weighted by molar-refractivity contribution is -0.131. The number of carbonyl (C=O) groups is 1. The Bertz CT molecular complexity index is 1110. The maximum absolute atomic E-state index is 13.0. The average Bonchev–Trinajstić information content (AvgIpc) is 3.36. The molecule has 0 unspecified atom stereocenters. The van der Waals surface area contributed by atoms with E-state index in [4.69, 9.17) is 14.2 Å². The van der Waals surface area contributed by atoms with Crippen LogP contribution in [0.1, 0.15) is 46.1 Å². The standard InChI is InChI=1S/C23H28BrN3O5/c1-12-7-13(2)27-22(29)17(12)10-26-21(28)16-8-18(24)20-19(14(16)3)31-23(4,32-20)11-30-15-5-6-25-9-15/h7-8,15,25H,5-6,9-11H2,1-4H3,(H,26,28)(H,27,29)/t15-,23+/m0/s1. The number of fused-ring (bicyclic) bond motifs is 1. The van der Waals surface area contributed by atoms with Crippen LogP contribution < -0.4 is 25.7 Å². The van der Waals surface area contributed by atoms with Crippen molar-refractivity contribution in [1.29, 1.82) is 0 Å². The van der Waals surface area contributed by atoms with Crippen LogP contribution in [-0.4, -0.2) is 42.5 Å². The van der Waals surface area contributed by atoms with Gasteiger partial charge in [0.05, 0.1) is 10.6 Å². The van der Waals surface area contributed by atoms with Crippen LogP contribution in [0.25, 0.3) is 0 Å². The molecule has 0 saturated carbocycles. The van der Waals surface area contributed by atoms with Crippen molar-refractivity contribution in [2.75, 3.05) is 19.7 Å². The summed E-state index contributed by atoms with van der Waals surface area (Å²) in [6.45, 7) is 9.50. The first kappa shape index (κ1) is 22.8. The first-order chi connectivity index (χ1) is 15.2. The van der Waals surface area contributed by atoms with Gasteiger partial charge in [-0.15, -0.1) is 0 Å². The molecule has 0 aliphatic carbocycles. The molecule has 1 amide bonds. The molecule has 0 spiro atoms. The zero-order valence-corrected chi connectivity index (χ0v) is 20.3. The highest BCUT2D eigenvalue weighted by Gasteiger charge is 2.41. The summed E-state index contributed by atoms with van der Waals surface area (Å²) in [6.07, 6.45) is 1.10. The summed E-state index contributed by atoms with van der Waals surface area (Å²) >= 11 is 3.51. The minimum Gasteiger partial charge on any atom is -0.446 e. The Morgan fingerprint density at radius 1 is 1.28 bits per heavy atom. The highest BCUT2D eigenvalue weighted by atomic mass is 79.9. The number of aryl methyl sites for hydroxylation is 2. The van der Waals surface area contributed by atoms with Crippen molar-refractivity contribution in [3.8, 4) is 11.5 Å². The maximum Gasteiger partial charge on any atom is 0.272 e. The molecule has 0 radical (unpaired) electrons. The number of benzene rings is 1. The van der Waals surface area contributed by atoms with E-state index in [0.717, 1.165) is 30.8 Å². The third-order valence-electron chi connectivity index (χ3n) is 5.84. The summed E-state index contributed by atoms with van der Waals surface area (Å²) in [5, 5.41) is 6.12. The number of hydrogen-bond acceptors (Lipinski definition) is 6. The van der Waals surface area contributed by atoms with Crippen molar-refractivity contribution in [2.45, 2.75) is 52.6 Å². The van der Waals surface area contributed by atoms with E-state index in [1.165, 1.54) is 0 Å². The summed E-state index contributed by atoms with van der Waals surface area (Å²) in [4.78, 5) is 28.0. The van der Waals surface area contributed by atoms with E-state index in [1.54, 1.807) is 6.07 Å². The van der Waals surface area contributed by atoms with Crippen molar-refractivity contribution >= 4 is 21.8 Å².